The van der Waals surface area contributed by atoms with Crippen molar-refractivity contribution in [2.24, 2.45) is 7.05 Å². The van der Waals surface area contributed by atoms with E-state index in [1.165, 1.54) is 11.8 Å². The standard InChI is InChI=1S/C21H22BrN5O2S/c1-13-11-16(9-10-17(13)22)24-18(28)12-30-21-26-25-19(27(21)3)14(2)23-20(29)15-7-5-4-6-8-15/h4-11,14H,12H2,1-3H3,(H,23,29)(H,24,28)/t14-/m1/s1. The van der Waals surface area contributed by atoms with Gasteiger partial charge in [0.15, 0.2) is 11.0 Å². The number of thioether (sulfide) groups is 1. The smallest absolute Gasteiger partial charge is 0.251 e. The number of halogens is 1. The average Bonchev–Trinajstić information content (AvgIpc) is 3.10. The maximum Gasteiger partial charge on any atom is 0.251 e. The number of rotatable bonds is 7. The second-order valence-electron chi connectivity index (χ2n) is 6.76. The Bertz CT molecular complexity index is 1050. The lowest BCUT2D eigenvalue weighted by atomic mass is 10.2. The summed E-state index contributed by atoms with van der Waals surface area (Å²) in [6, 6.07) is 14.3. The molecule has 3 aromatic rings. The van der Waals surface area contributed by atoms with Crippen LogP contribution in [-0.2, 0) is 11.8 Å². The lowest BCUT2D eigenvalue weighted by Crippen LogP contribution is -2.28. The van der Waals surface area contributed by atoms with Gasteiger partial charge in [-0.2, -0.15) is 0 Å². The van der Waals surface area contributed by atoms with Crippen molar-refractivity contribution in [3.8, 4) is 0 Å². The zero-order valence-corrected chi connectivity index (χ0v) is 19.3. The third kappa shape index (κ3) is 5.48. The number of carbonyl (C=O) groups excluding carboxylic acids is 2. The molecule has 0 unspecified atom stereocenters. The van der Waals surface area contributed by atoms with Crippen molar-refractivity contribution in [2.45, 2.75) is 25.0 Å². The van der Waals surface area contributed by atoms with Gasteiger partial charge >= 0.3 is 0 Å². The quantitative estimate of drug-likeness (QED) is 0.489. The predicted octanol–water partition coefficient (Wildman–Crippen LogP) is 4.11. The van der Waals surface area contributed by atoms with Crippen molar-refractivity contribution < 1.29 is 9.59 Å². The van der Waals surface area contributed by atoms with E-state index in [4.69, 9.17) is 0 Å². The van der Waals surface area contributed by atoms with Gasteiger partial charge in [0, 0.05) is 22.8 Å². The van der Waals surface area contributed by atoms with E-state index in [0.29, 0.717) is 16.5 Å². The normalized spacial score (nSPS) is 11.7. The number of nitrogens with one attached hydrogen (secondary N) is 2. The van der Waals surface area contributed by atoms with Crippen LogP contribution in [-0.4, -0.2) is 32.3 Å². The SMILES string of the molecule is Cc1cc(NC(=O)CSc2nnc([C@@H](C)NC(=O)c3ccccc3)n2C)ccc1Br. The lowest BCUT2D eigenvalue weighted by molar-refractivity contribution is -0.113. The van der Waals surface area contributed by atoms with E-state index in [1.54, 1.807) is 16.7 Å². The molecule has 1 atom stereocenters. The molecule has 0 aliphatic carbocycles. The van der Waals surface area contributed by atoms with Gasteiger partial charge in [-0.3, -0.25) is 9.59 Å². The van der Waals surface area contributed by atoms with Gasteiger partial charge in [-0.1, -0.05) is 45.9 Å². The fourth-order valence-electron chi connectivity index (χ4n) is 2.81. The number of anilines is 1. The molecule has 7 nitrogen and oxygen atoms in total. The summed E-state index contributed by atoms with van der Waals surface area (Å²) in [6.07, 6.45) is 0. The Morgan fingerprint density at radius 2 is 1.90 bits per heavy atom. The molecule has 0 radical (unpaired) electrons. The number of benzene rings is 2. The average molecular weight is 488 g/mol. The third-order valence-corrected chi connectivity index (χ3v) is 6.32. The summed E-state index contributed by atoms with van der Waals surface area (Å²) in [5.74, 6) is 0.512. The topological polar surface area (TPSA) is 88.9 Å². The number of nitrogens with zero attached hydrogens (tertiary/aromatic N) is 3. The van der Waals surface area contributed by atoms with Crippen LogP contribution in [0.3, 0.4) is 0 Å². The lowest BCUT2D eigenvalue weighted by Gasteiger charge is -2.13. The molecule has 0 spiro atoms. The van der Waals surface area contributed by atoms with Gasteiger partial charge in [-0.25, -0.2) is 0 Å². The van der Waals surface area contributed by atoms with Crippen molar-refractivity contribution in [3.63, 3.8) is 0 Å². The van der Waals surface area contributed by atoms with E-state index >= 15 is 0 Å². The first-order valence-electron chi connectivity index (χ1n) is 9.29. The molecule has 30 heavy (non-hydrogen) atoms. The molecule has 156 valence electrons. The van der Waals surface area contributed by atoms with Gasteiger partial charge in [0.05, 0.1) is 11.8 Å². The second kappa shape index (κ2) is 9.90. The maximum atomic E-state index is 12.4. The Labute approximate surface area is 187 Å². The molecule has 0 saturated heterocycles. The number of hydrogen-bond donors (Lipinski definition) is 2. The minimum absolute atomic E-state index is 0.128. The van der Waals surface area contributed by atoms with Gasteiger partial charge in [0.25, 0.3) is 5.91 Å². The molecular weight excluding hydrogens is 466 g/mol. The van der Waals surface area contributed by atoms with E-state index < -0.39 is 0 Å². The van der Waals surface area contributed by atoms with E-state index in [0.717, 1.165) is 15.7 Å². The molecule has 2 aromatic carbocycles. The summed E-state index contributed by atoms with van der Waals surface area (Å²) in [5.41, 5.74) is 2.38. The van der Waals surface area contributed by atoms with Crippen molar-refractivity contribution in [3.05, 3.63) is 70.0 Å². The summed E-state index contributed by atoms with van der Waals surface area (Å²) in [6.45, 7) is 3.81. The minimum atomic E-state index is -0.330. The molecule has 0 aliphatic heterocycles. The molecule has 3 rings (SSSR count). The van der Waals surface area contributed by atoms with Crippen molar-refractivity contribution in [1.82, 2.24) is 20.1 Å². The summed E-state index contributed by atoms with van der Waals surface area (Å²) in [5, 5.41) is 14.7. The number of hydrogen-bond acceptors (Lipinski definition) is 5. The number of aryl methyl sites for hydroxylation is 1. The van der Waals surface area contributed by atoms with Gasteiger partial charge in [0.2, 0.25) is 5.91 Å². The zero-order valence-electron chi connectivity index (χ0n) is 16.8. The molecular formula is C21H22BrN5O2S. The first-order chi connectivity index (χ1) is 14.3. The minimum Gasteiger partial charge on any atom is -0.342 e. The Kier molecular flexibility index (Phi) is 7.28. The molecule has 1 aromatic heterocycles. The van der Waals surface area contributed by atoms with Gasteiger partial charge in [-0.05, 0) is 49.7 Å². The first-order valence-corrected chi connectivity index (χ1v) is 11.1. The predicted molar refractivity (Wildman–Crippen MR) is 122 cm³/mol. The first kappa shape index (κ1) is 22.0. The van der Waals surface area contributed by atoms with Gasteiger partial charge < -0.3 is 15.2 Å². The molecule has 9 heteroatoms. The van der Waals surface area contributed by atoms with Crippen LogP contribution in [0.15, 0.2) is 58.2 Å². The second-order valence-corrected chi connectivity index (χ2v) is 8.56. The molecule has 2 N–H and O–H groups in total. The number of amides is 2. The molecule has 1 heterocycles. The van der Waals surface area contributed by atoms with Crippen LogP contribution < -0.4 is 10.6 Å². The van der Waals surface area contributed by atoms with Crippen LogP contribution in [0.25, 0.3) is 0 Å². The van der Waals surface area contributed by atoms with E-state index in [-0.39, 0.29) is 23.6 Å². The van der Waals surface area contributed by atoms with E-state index in [9.17, 15) is 9.59 Å². The van der Waals surface area contributed by atoms with Crippen molar-refractivity contribution in [1.29, 1.82) is 0 Å². The van der Waals surface area contributed by atoms with E-state index in [1.807, 2.05) is 57.3 Å². The monoisotopic (exact) mass is 487 g/mol. The van der Waals surface area contributed by atoms with Crippen LogP contribution in [0.4, 0.5) is 5.69 Å². The van der Waals surface area contributed by atoms with Crippen LogP contribution in [0, 0.1) is 6.92 Å². The summed E-state index contributed by atoms with van der Waals surface area (Å²) in [7, 11) is 1.82. The third-order valence-electron chi connectivity index (χ3n) is 4.41. The zero-order chi connectivity index (χ0) is 21.7. The summed E-state index contributed by atoms with van der Waals surface area (Å²) < 4.78 is 2.78. The van der Waals surface area contributed by atoms with Gasteiger partial charge in [-0.15, -0.1) is 10.2 Å². The van der Waals surface area contributed by atoms with Gasteiger partial charge in [0.1, 0.15) is 0 Å². The van der Waals surface area contributed by atoms with Crippen molar-refractivity contribution in [2.75, 3.05) is 11.1 Å². The molecule has 0 aliphatic rings. The maximum absolute atomic E-state index is 12.4. The Morgan fingerprint density at radius 1 is 1.17 bits per heavy atom. The summed E-state index contributed by atoms with van der Waals surface area (Å²) in [4.78, 5) is 24.6. The molecule has 2 amide bonds. The fourth-order valence-corrected chi connectivity index (χ4v) is 3.78. The van der Waals surface area contributed by atoms with Crippen LogP contribution in [0.2, 0.25) is 0 Å². The van der Waals surface area contributed by atoms with Crippen LogP contribution >= 0.6 is 27.7 Å². The van der Waals surface area contributed by atoms with Crippen LogP contribution in [0.1, 0.15) is 34.7 Å². The Balaban J connectivity index is 1.57. The van der Waals surface area contributed by atoms with E-state index in [2.05, 4.69) is 36.8 Å². The summed E-state index contributed by atoms with van der Waals surface area (Å²) >= 11 is 4.74. The fraction of sp³-hybridized carbons (Fsp3) is 0.238. The molecule has 0 fully saturated rings. The highest BCUT2D eigenvalue weighted by molar-refractivity contribution is 9.10. The Morgan fingerprint density at radius 3 is 2.60 bits per heavy atom. The molecule has 0 saturated carbocycles. The number of aromatic nitrogens is 3. The van der Waals surface area contributed by atoms with Crippen LogP contribution in [0.5, 0.6) is 0 Å². The largest absolute Gasteiger partial charge is 0.342 e. The molecule has 0 bridgehead atoms. The highest BCUT2D eigenvalue weighted by atomic mass is 79.9. The highest BCUT2D eigenvalue weighted by Crippen LogP contribution is 2.22. The highest BCUT2D eigenvalue weighted by Gasteiger charge is 2.19. The number of carbonyl (C=O) groups is 2. The van der Waals surface area contributed by atoms with Crippen molar-refractivity contribution >= 4 is 45.2 Å². The Hall–Kier alpha value is -2.65.